The van der Waals surface area contributed by atoms with Gasteiger partial charge in [-0.2, -0.15) is 5.10 Å². The molecule has 0 N–H and O–H groups in total. The summed E-state index contributed by atoms with van der Waals surface area (Å²) in [6.07, 6.45) is 7.57. The van der Waals surface area contributed by atoms with Gasteiger partial charge in [0, 0.05) is 34.9 Å². The zero-order valence-electron chi connectivity index (χ0n) is 18.5. The second kappa shape index (κ2) is 9.81. The fraction of sp³-hybridized carbons (Fsp3) is 0.308. The van der Waals surface area contributed by atoms with Crippen molar-refractivity contribution in [1.29, 1.82) is 0 Å². The molecule has 170 valence electrons. The summed E-state index contributed by atoms with van der Waals surface area (Å²) in [5, 5.41) is 6.30. The van der Waals surface area contributed by atoms with Gasteiger partial charge in [-0.25, -0.2) is 0 Å². The molecule has 1 aliphatic heterocycles. The zero-order valence-corrected chi connectivity index (χ0v) is 19.2. The van der Waals surface area contributed by atoms with Crippen LogP contribution in [-0.4, -0.2) is 38.9 Å². The number of halogens is 1. The van der Waals surface area contributed by atoms with E-state index in [9.17, 15) is 4.79 Å². The van der Waals surface area contributed by atoms with E-state index in [0.717, 1.165) is 35.2 Å². The first-order chi connectivity index (χ1) is 16.2. The van der Waals surface area contributed by atoms with E-state index in [0.29, 0.717) is 17.4 Å². The highest BCUT2D eigenvalue weighted by atomic mass is 35.5. The van der Waals surface area contributed by atoms with Crippen LogP contribution in [0.15, 0.2) is 71.8 Å². The van der Waals surface area contributed by atoms with E-state index >= 15 is 0 Å². The maximum Gasteiger partial charge on any atom is 0.258 e. The number of piperidine rings is 1. The molecule has 1 saturated heterocycles. The number of aromatic nitrogens is 3. The molecule has 0 radical (unpaired) electrons. The summed E-state index contributed by atoms with van der Waals surface area (Å²) in [4.78, 5) is 15.3. The zero-order chi connectivity index (χ0) is 22.6. The summed E-state index contributed by atoms with van der Waals surface area (Å²) in [6.45, 7) is 4.65. The second-order valence-electron chi connectivity index (χ2n) is 8.50. The molecule has 0 unspecified atom stereocenters. The van der Waals surface area contributed by atoms with E-state index in [2.05, 4.69) is 14.7 Å². The van der Waals surface area contributed by atoms with Gasteiger partial charge in [-0.3, -0.25) is 14.0 Å². The maximum absolute atomic E-state index is 12.8. The highest BCUT2D eigenvalue weighted by Crippen LogP contribution is 2.19. The Morgan fingerprint density at radius 3 is 2.55 bits per heavy atom. The van der Waals surface area contributed by atoms with Crippen LogP contribution < -0.4 is 10.3 Å². The summed E-state index contributed by atoms with van der Waals surface area (Å²) < 4.78 is 9.46. The summed E-state index contributed by atoms with van der Waals surface area (Å²) in [7, 11) is 0. The SMILES string of the molecule is O=c1cc(OCc2ccc(Cl)cc2)ccn1-c1ccc2c(cnn2CCN2CCCCC2)c1. The first-order valence-corrected chi connectivity index (χ1v) is 11.8. The van der Waals surface area contributed by atoms with E-state index in [-0.39, 0.29) is 5.56 Å². The van der Waals surface area contributed by atoms with Crippen LogP contribution in [0.2, 0.25) is 5.02 Å². The minimum atomic E-state index is -0.138. The molecule has 0 saturated carbocycles. The molecule has 5 rings (SSSR count). The fourth-order valence-corrected chi connectivity index (χ4v) is 4.46. The molecular weight excluding hydrogens is 436 g/mol. The first kappa shape index (κ1) is 21.7. The molecule has 0 aliphatic carbocycles. The van der Waals surface area contributed by atoms with Gasteiger partial charge < -0.3 is 9.64 Å². The highest BCUT2D eigenvalue weighted by molar-refractivity contribution is 6.30. The number of fused-ring (bicyclic) bond motifs is 1. The summed E-state index contributed by atoms with van der Waals surface area (Å²) in [5.41, 5.74) is 2.76. The maximum atomic E-state index is 12.8. The number of pyridine rings is 1. The monoisotopic (exact) mass is 462 g/mol. The molecule has 33 heavy (non-hydrogen) atoms. The van der Waals surface area contributed by atoms with E-state index in [1.807, 2.05) is 54.7 Å². The van der Waals surface area contributed by atoms with Crippen molar-refractivity contribution in [3.05, 3.63) is 87.9 Å². The van der Waals surface area contributed by atoms with E-state index < -0.39 is 0 Å². The van der Waals surface area contributed by atoms with Gasteiger partial charge in [-0.05, 0) is 67.9 Å². The van der Waals surface area contributed by atoms with Gasteiger partial charge in [0.25, 0.3) is 5.56 Å². The highest BCUT2D eigenvalue weighted by Gasteiger charge is 2.11. The Balaban J connectivity index is 1.28. The lowest BCUT2D eigenvalue weighted by molar-refractivity contribution is 0.219. The molecule has 2 aromatic heterocycles. The van der Waals surface area contributed by atoms with Crippen LogP contribution in [0.3, 0.4) is 0 Å². The van der Waals surface area contributed by atoms with E-state index in [4.69, 9.17) is 16.3 Å². The lowest BCUT2D eigenvalue weighted by atomic mass is 10.1. The molecule has 1 fully saturated rings. The predicted octanol–water partition coefficient (Wildman–Crippen LogP) is 4.91. The first-order valence-electron chi connectivity index (χ1n) is 11.4. The second-order valence-corrected chi connectivity index (χ2v) is 8.94. The van der Waals surface area contributed by atoms with Crippen LogP contribution in [0.25, 0.3) is 16.6 Å². The number of nitrogens with zero attached hydrogens (tertiary/aromatic N) is 4. The van der Waals surface area contributed by atoms with Crippen LogP contribution >= 0.6 is 11.6 Å². The molecule has 3 heterocycles. The normalized spacial score (nSPS) is 14.6. The number of likely N-dealkylation sites (tertiary alicyclic amines) is 1. The summed E-state index contributed by atoms with van der Waals surface area (Å²) in [5.74, 6) is 0.540. The van der Waals surface area contributed by atoms with Crippen LogP contribution in [0.5, 0.6) is 5.75 Å². The fourth-order valence-electron chi connectivity index (χ4n) is 4.33. The third-order valence-electron chi connectivity index (χ3n) is 6.19. The summed E-state index contributed by atoms with van der Waals surface area (Å²) in [6, 6.07) is 16.8. The van der Waals surface area contributed by atoms with Crippen molar-refractivity contribution < 1.29 is 4.74 Å². The molecule has 2 aromatic carbocycles. The van der Waals surface area contributed by atoms with Gasteiger partial charge in [-0.15, -0.1) is 0 Å². The minimum Gasteiger partial charge on any atom is -0.489 e. The molecule has 0 bridgehead atoms. The Labute approximate surface area is 198 Å². The van der Waals surface area contributed by atoms with Gasteiger partial charge >= 0.3 is 0 Å². The average Bonchev–Trinajstić information content (AvgIpc) is 3.25. The van der Waals surface area contributed by atoms with Gasteiger partial charge in [-0.1, -0.05) is 30.2 Å². The van der Waals surface area contributed by atoms with Crippen molar-refractivity contribution in [2.45, 2.75) is 32.4 Å². The van der Waals surface area contributed by atoms with Crippen molar-refractivity contribution in [2.75, 3.05) is 19.6 Å². The van der Waals surface area contributed by atoms with Crippen LogP contribution in [0.1, 0.15) is 24.8 Å². The molecular formula is C26H27ClN4O2. The Bertz CT molecular complexity index is 1290. The molecule has 0 amide bonds. The van der Waals surface area contributed by atoms with Crippen LogP contribution in [-0.2, 0) is 13.2 Å². The molecule has 6 nitrogen and oxygen atoms in total. The Morgan fingerprint density at radius 2 is 1.76 bits per heavy atom. The Hall–Kier alpha value is -3.09. The summed E-state index contributed by atoms with van der Waals surface area (Å²) >= 11 is 5.92. The third kappa shape index (κ3) is 5.13. The molecule has 4 aromatic rings. The molecule has 7 heteroatoms. The lowest BCUT2D eigenvalue weighted by Gasteiger charge is -2.26. The number of hydrogen-bond acceptors (Lipinski definition) is 4. The number of benzene rings is 2. The van der Waals surface area contributed by atoms with Crippen molar-refractivity contribution in [1.82, 2.24) is 19.2 Å². The minimum absolute atomic E-state index is 0.138. The topological polar surface area (TPSA) is 52.3 Å². The third-order valence-corrected chi connectivity index (χ3v) is 6.44. The lowest BCUT2D eigenvalue weighted by Crippen LogP contribution is -2.32. The number of rotatable bonds is 7. The quantitative estimate of drug-likeness (QED) is 0.392. The van der Waals surface area contributed by atoms with Crippen molar-refractivity contribution in [2.24, 2.45) is 0 Å². The van der Waals surface area contributed by atoms with Gasteiger partial charge in [0.15, 0.2) is 0 Å². The van der Waals surface area contributed by atoms with E-state index in [1.54, 1.807) is 10.8 Å². The van der Waals surface area contributed by atoms with Crippen molar-refractivity contribution >= 4 is 22.5 Å². The largest absolute Gasteiger partial charge is 0.489 e. The number of hydrogen-bond donors (Lipinski definition) is 0. The predicted molar refractivity (Wildman–Crippen MR) is 131 cm³/mol. The Morgan fingerprint density at radius 1 is 0.939 bits per heavy atom. The molecule has 0 atom stereocenters. The van der Waals surface area contributed by atoms with Crippen molar-refractivity contribution in [3.8, 4) is 11.4 Å². The van der Waals surface area contributed by atoms with Gasteiger partial charge in [0.2, 0.25) is 0 Å². The Kier molecular flexibility index (Phi) is 6.46. The van der Waals surface area contributed by atoms with Gasteiger partial charge in [0.1, 0.15) is 12.4 Å². The van der Waals surface area contributed by atoms with Gasteiger partial charge in [0.05, 0.1) is 18.3 Å². The standard InChI is InChI=1S/C26H27ClN4O2/c27-22-6-4-20(5-7-22)19-33-24-10-13-30(26(32)17-24)23-8-9-25-21(16-23)18-28-31(25)15-14-29-11-2-1-3-12-29/h4-10,13,16-18H,1-3,11-12,14-15,19H2. The smallest absolute Gasteiger partial charge is 0.258 e. The number of ether oxygens (including phenoxy) is 1. The van der Waals surface area contributed by atoms with Crippen molar-refractivity contribution in [3.63, 3.8) is 0 Å². The molecule has 1 aliphatic rings. The van der Waals surface area contributed by atoms with Crippen LogP contribution in [0.4, 0.5) is 0 Å². The molecule has 0 spiro atoms. The van der Waals surface area contributed by atoms with Crippen LogP contribution in [0, 0.1) is 0 Å². The van der Waals surface area contributed by atoms with E-state index in [1.165, 1.54) is 38.4 Å². The average molecular weight is 463 g/mol.